The number of rotatable bonds is 7. The highest BCUT2D eigenvalue weighted by Gasteiger charge is 2.46. The van der Waals surface area contributed by atoms with E-state index in [1.54, 1.807) is 5.38 Å². The van der Waals surface area contributed by atoms with Crippen molar-refractivity contribution in [3.05, 3.63) is 16.2 Å². The van der Waals surface area contributed by atoms with Gasteiger partial charge < -0.3 is 39.1 Å². The van der Waals surface area contributed by atoms with Gasteiger partial charge in [0.1, 0.15) is 24.4 Å². The summed E-state index contributed by atoms with van der Waals surface area (Å²) in [7, 11) is -9.44. The first-order valence-corrected chi connectivity index (χ1v) is 16.0. The highest BCUT2D eigenvalue weighted by atomic mass is 35.5. The minimum absolute atomic E-state index is 0.0517. The summed E-state index contributed by atoms with van der Waals surface area (Å²) in [5.74, 6) is 0.655. The first-order valence-electron chi connectivity index (χ1n) is 11.1. The van der Waals surface area contributed by atoms with Crippen LogP contribution in [0.2, 0.25) is 5.28 Å². The Hall–Kier alpha value is -0.690. The maximum absolute atomic E-state index is 11.9. The molecule has 1 aliphatic carbocycles. The van der Waals surface area contributed by atoms with Crippen LogP contribution in [-0.4, -0.2) is 78.8 Å². The van der Waals surface area contributed by atoms with Gasteiger partial charge in [0.15, 0.2) is 11.7 Å². The molecular formula is C19H26ClN3O9P2S. The van der Waals surface area contributed by atoms with Crippen LogP contribution in [0, 0.1) is 11.8 Å². The molecule has 2 saturated heterocycles. The molecule has 0 aromatic carbocycles. The summed E-state index contributed by atoms with van der Waals surface area (Å²) in [5, 5.41) is 22.9. The summed E-state index contributed by atoms with van der Waals surface area (Å²) < 4.78 is 34.3. The number of thiophene rings is 1. The average molecular weight is 570 g/mol. The topological polar surface area (TPSA) is 183 Å². The van der Waals surface area contributed by atoms with E-state index in [0.717, 1.165) is 23.6 Å². The summed E-state index contributed by atoms with van der Waals surface area (Å²) in [6.45, 7) is 1.15. The van der Waals surface area contributed by atoms with Crippen molar-refractivity contribution in [3.63, 3.8) is 0 Å². The van der Waals surface area contributed by atoms with Gasteiger partial charge in [-0.05, 0) is 41.7 Å². The van der Waals surface area contributed by atoms with Gasteiger partial charge in [-0.25, -0.2) is 4.98 Å². The van der Waals surface area contributed by atoms with Crippen molar-refractivity contribution in [2.24, 2.45) is 11.8 Å². The van der Waals surface area contributed by atoms with Crippen LogP contribution in [-0.2, 0) is 18.4 Å². The molecule has 5 N–H and O–H groups in total. The zero-order chi connectivity index (χ0) is 25.1. The largest absolute Gasteiger partial charge is 0.387 e. The third-order valence-electron chi connectivity index (χ3n) is 6.90. The second-order valence-electron chi connectivity index (χ2n) is 9.36. The second kappa shape index (κ2) is 9.56. The fourth-order valence-corrected chi connectivity index (χ4v) is 9.10. The molecule has 1 saturated carbocycles. The second-order valence-corrected chi connectivity index (χ2v) is 14.6. The fraction of sp³-hybridized carbons (Fsp3) is 0.684. The van der Waals surface area contributed by atoms with Crippen LogP contribution in [0.15, 0.2) is 5.38 Å². The number of aliphatic hydroxyl groups is 2. The van der Waals surface area contributed by atoms with Gasteiger partial charge in [-0.15, -0.1) is 11.3 Å². The Kier molecular flexibility index (Phi) is 7.09. The SMILES string of the molecule is O=P(O)(O)CP(=O)(O)OC[C@H]1O[C@@H](c2csc3c(N4CC5CCCC5C4)nc(Cl)nc23)[C@H](O)[C@@H]1O. The van der Waals surface area contributed by atoms with E-state index in [1.165, 1.54) is 30.6 Å². The Labute approximate surface area is 209 Å². The van der Waals surface area contributed by atoms with Crippen LogP contribution in [0.25, 0.3) is 10.2 Å². The highest BCUT2D eigenvalue weighted by Crippen LogP contribution is 2.55. The smallest absolute Gasteiger partial charge is 0.340 e. The zero-order valence-corrected chi connectivity index (χ0v) is 21.7. The number of hydrogen-bond acceptors (Lipinski definition) is 10. The molecule has 3 unspecified atom stereocenters. The van der Waals surface area contributed by atoms with E-state index in [-0.39, 0.29) is 5.28 Å². The summed E-state index contributed by atoms with van der Waals surface area (Å²) in [6, 6.07) is 0. The third kappa shape index (κ3) is 5.32. The van der Waals surface area contributed by atoms with Crippen LogP contribution < -0.4 is 4.90 Å². The summed E-state index contributed by atoms with van der Waals surface area (Å²) in [6.07, 6.45) is -1.44. The van der Waals surface area contributed by atoms with Gasteiger partial charge >= 0.3 is 15.2 Å². The number of aromatic nitrogens is 2. The van der Waals surface area contributed by atoms with Crippen LogP contribution in [0.4, 0.5) is 5.82 Å². The number of ether oxygens (including phenoxy) is 1. The number of halogens is 1. The minimum Gasteiger partial charge on any atom is -0.387 e. The molecule has 7 atom stereocenters. The van der Waals surface area contributed by atoms with E-state index in [2.05, 4.69) is 14.9 Å². The molecule has 2 aromatic heterocycles. The average Bonchev–Trinajstić information content (AvgIpc) is 3.49. The number of aliphatic hydroxyl groups excluding tert-OH is 2. The molecule has 2 aliphatic heterocycles. The van der Waals surface area contributed by atoms with Gasteiger partial charge in [0, 0.05) is 18.7 Å². The predicted octanol–water partition coefficient (Wildman–Crippen LogP) is 2.08. The molecule has 5 rings (SSSR count). The Morgan fingerprint density at radius 1 is 1.14 bits per heavy atom. The van der Waals surface area contributed by atoms with Crippen molar-refractivity contribution in [2.75, 3.05) is 30.5 Å². The maximum Gasteiger partial charge on any atom is 0.340 e. The molecule has 12 nitrogen and oxygen atoms in total. The molecule has 35 heavy (non-hydrogen) atoms. The van der Waals surface area contributed by atoms with Gasteiger partial charge in [0.05, 0.1) is 16.8 Å². The summed E-state index contributed by atoms with van der Waals surface area (Å²) >= 11 is 7.64. The van der Waals surface area contributed by atoms with Gasteiger partial charge in [0.2, 0.25) is 5.28 Å². The van der Waals surface area contributed by atoms with E-state index >= 15 is 0 Å². The van der Waals surface area contributed by atoms with Crippen LogP contribution >= 0.6 is 38.1 Å². The normalized spacial score (nSPS) is 32.9. The molecule has 3 aliphatic rings. The molecule has 0 radical (unpaired) electrons. The molecule has 2 aromatic rings. The molecule has 0 spiro atoms. The summed E-state index contributed by atoms with van der Waals surface area (Å²) in [5.41, 5.74) is 0.987. The van der Waals surface area contributed by atoms with Gasteiger partial charge in [-0.2, -0.15) is 4.98 Å². The van der Waals surface area contributed by atoms with Crippen molar-refractivity contribution in [1.29, 1.82) is 0 Å². The lowest BCUT2D eigenvalue weighted by atomic mass is 10.0. The zero-order valence-electron chi connectivity index (χ0n) is 18.4. The van der Waals surface area contributed by atoms with Gasteiger partial charge in [-0.3, -0.25) is 9.13 Å². The van der Waals surface area contributed by atoms with E-state index in [9.17, 15) is 24.2 Å². The standard InChI is InChI=1S/C19H26ClN3O9P2S/c20-19-21-13-11(7-35-17(13)18(22-19)23-4-9-2-1-3-10(9)5-23)16-15(25)14(24)12(32-16)6-31-34(29,30)8-33(26,27)28/h7,9-10,12,14-16,24-25H,1-6,8H2,(H,29,30)(H2,26,27,28)/t9?,10?,12-,14-,15-,16+/m1/s1. The van der Waals surface area contributed by atoms with Gasteiger partial charge in [0.25, 0.3) is 0 Å². The Balaban J connectivity index is 1.36. The molecule has 3 fully saturated rings. The maximum atomic E-state index is 11.9. The third-order valence-corrected chi connectivity index (χ3v) is 11.5. The van der Waals surface area contributed by atoms with E-state index in [1.807, 2.05) is 0 Å². The first-order chi connectivity index (χ1) is 16.4. The number of fused-ring (bicyclic) bond motifs is 2. The minimum atomic E-state index is -4.80. The molecule has 4 heterocycles. The fourth-order valence-electron chi connectivity index (χ4n) is 5.33. The van der Waals surface area contributed by atoms with Crippen LogP contribution in [0.5, 0.6) is 0 Å². The number of anilines is 1. The van der Waals surface area contributed by atoms with E-state index in [4.69, 9.17) is 30.6 Å². The van der Waals surface area contributed by atoms with E-state index in [0.29, 0.717) is 22.9 Å². The lowest BCUT2D eigenvalue weighted by molar-refractivity contribution is -0.0181. The molecule has 0 bridgehead atoms. The van der Waals surface area contributed by atoms with Crippen LogP contribution in [0.1, 0.15) is 30.9 Å². The number of nitrogens with zero attached hydrogens (tertiary/aromatic N) is 3. The highest BCUT2D eigenvalue weighted by molar-refractivity contribution is 7.70. The molecule has 16 heteroatoms. The monoisotopic (exact) mass is 569 g/mol. The Bertz CT molecular complexity index is 1200. The molecule has 0 amide bonds. The summed E-state index contributed by atoms with van der Waals surface area (Å²) in [4.78, 5) is 38.6. The van der Waals surface area contributed by atoms with Crippen molar-refractivity contribution >= 4 is 54.2 Å². The van der Waals surface area contributed by atoms with Crippen molar-refractivity contribution in [3.8, 4) is 0 Å². The lowest BCUT2D eigenvalue weighted by Crippen LogP contribution is -2.33. The molecule has 194 valence electrons. The Morgan fingerprint density at radius 3 is 2.49 bits per heavy atom. The Morgan fingerprint density at radius 2 is 1.83 bits per heavy atom. The first kappa shape index (κ1) is 25.9. The quantitative estimate of drug-likeness (QED) is 0.242. The predicted molar refractivity (Wildman–Crippen MR) is 128 cm³/mol. The molecular weight excluding hydrogens is 544 g/mol. The van der Waals surface area contributed by atoms with Gasteiger partial charge in [-0.1, -0.05) is 6.42 Å². The number of hydrogen-bond donors (Lipinski definition) is 5. The lowest BCUT2D eigenvalue weighted by Gasteiger charge is -2.19. The van der Waals surface area contributed by atoms with Crippen molar-refractivity contribution < 1.29 is 43.3 Å². The van der Waals surface area contributed by atoms with E-state index < -0.39 is 52.1 Å². The van der Waals surface area contributed by atoms with Crippen molar-refractivity contribution in [2.45, 2.75) is 43.7 Å². The van der Waals surface area contributed by atoms with Crippen LogP contribution in [0.3, 0.4) is 0 Å². The van der Waals surface area contributed by atoms with Crippen molar-refractivity contribution in [1.82, 2.24) is 9.97 Å².